The first-order chi connectivity index (χ1) is 11.2. The van der Waals surface area contributed by atoms with Crippen LogP contribution in [0.15, 0.2) is 24.3 Å². The largest absolute Gasteiger partial charge is 0.425 e. The van der Waals surface area contributed by atoms with Crippen LogP contribution in [-0.2, 0) is 14.3 Å². The van der Waals surface area contributed by atoms with Gasteiger partial charge in [0.2, 0.25) is 0 Å². The molecule has 0 heterocycles. The Kier molecular flexibility index (Phi) is 8.05. The summed E-state index contributed by atoms with van der Waals surface area (Å²) in [6, 6.07) is 7.25. The van der Waals surface area contributed by atoms with Crippen LogP contribution in [0.3, 0.4) is 0 Å². The smallest absolute Gasteiger partial charge is 0.410 e. The Morgan fingerprint density at radius 1 is 1.12 bits per heavy atom. The van der Waals surface area contributed by atoms with E-state index in [1.807, 2.05) is 26.0 Å². The standard InChI is InChI=1S/C18H25ClNO4/c1-11(2)16(21)23-17(12(3)4)24-18(22)20-10-13(5)14-6-8-15(19)9-7-14/h6-9,11-13,17H,5,10H2,1-4H3,(H,20,22)/t13-,17-/m1/s1. The topological polar surface area (TPSA) is 64.6 Å². The molecule has 1 rings (SSSR count). The van der Waals surface area contributed by atoms with Gasteiger partial charge in [-0.05, 0) is 24.6 Å². The molecule has 0 aliphatic heterocycles. The second-order valence-corrected chi connectivity index (χ2v) is 6.68. The van der Waals surface area contributed by atoms with Crippen molar-refractivity contribution >= 4 is 23.7 Å². The van der Waals surface area contributed by atoms with Gasteiger partial charge in [-0.25, -0.2) is 4.79 Å². The summed E-state index contributed by atoms with van der Waals surface area (Å²) in [5, 5.41) is 3.28. The quantitative estimate of drug-likeness (QED) is 0.589. The zero-order valence-electron chi connectivity index (χ0n) is 14.5. The molecule has 133 valence electrons. The molecular weight excluding hydrogens is 330 g/mol. The van der Waals surface area contributed by atoms with Gasteiger partial charge in [0.05, 0.1) is 5.92 Å². The number of esters is 1. The molecule has 0 spiro atoms. The predicted octanol–water partition coefficient (Wildman–Crippen LogP) is 4.17. The van der Waals surface area contributed by atoms with E-state index < -0.39 is 18.4 Å². The Hall–Kier alpha value is -1.75. The van der Waals surface area contributed by atoms with Crippen LogP contribution in [-0.4, -0.2) is 24.9 Å². The maximum Gasteiger partial charge on any atom is 0.410 e. The molecule has 0 saturated heterocycles. The van der Waals surface area contributed by atoms with E-state index in [2.05, 4.69) is 12.2 Å². The molecule has 5 nitrogen and oxygen atoms in total. The van der Waals surface area contributed by atoms with Crippen LogP contribution in [0, 0.1) is 18.8 Å². The van der Waals surface area contributed by atoms with Gasteiger partial charge in [0, 0.05) is 23.4 Å². The molecule has 1 aromatic carbocycles. The summed E-state index contributed by atoms with van der Waals surface area (Å²) >= 11 is 5.84. The van der Waals surface area contributed by atoms with E-state index in [-0.39, 0.29) is 17.8 Å². The predicted molar refractivity (Wildman–Crippen MR) is 93.6 cm³/mol. The first-order valence-electron chi connectivity index (χ1n) is 7.94. The van der Waals surface area contributed by atoms with Crippen LogP contribution in [0.2, 0.25) is 5.02 Å². The second kappa shape index (κ2) is 9.52. The average Bonchev–Trinajstić information content (AvgIpc) is 2.52. The first-order valence-corrected chi connectivity index (χ1v) is 8.32. The molecule has 0 bridgehead atoms. The normalized spacial score (nSPS) is 13.5. The van der Waals surface area contributed by atoms with Crippen molar-refractivity contribution in [1.82, 2.24) is 5.32 Å². The summed E-state index contributed by atoms with van der Waals surface area (Å²) in [4.78, 5) is 23.6. The van der Waals surface area contributed by atoms with Gasteiger partial charge in [-0.15, -0.1) is 0 Å². The highest BCUT2D eigenvalue weighted by atomic mass is 35.5. The number of amides is 1. The Morgan fingerprint density at radius 2 is 1.71 bits per heavy atom. The van der Waals surface area contributed by atoms with Gasteiger partial charge in [-0.2, -0.15) is 0 Å². The molecule has 0 unspecified atom stereocenters. The van der Waals surface area contributed by atoms with Crippen LogP contribution in [0.1, 0.15) is 39.2 Å². The Balaban J connectivity index is 2.50. The molecule has 6 heteroatoms. The summed E-state index contributed by atoms with van der Waals surface area (Å²) in [6.45, 7) is 11.4. The Labute approximate surface area is 148 Å². The molecule has 24 heavy (non-hydrogen) atoms. The van der Waals surface area contributed by atoms with Crippen molar-refractivity contribution in [1.29, 1.82) is 0 Å². The second-order valence-electron chi connectivity index (χ2n) is 6.24. The molecule has 1 aromatic rings. The number of halogens is 1. The van der Waals surface area contributed by atoms with Crippen LogP contribution in [0.5, 0.6) is 0 Å². The molecular formula is C18H25ClNO4. The molecule has 0 fully saturated rings. The maximum atomic E-state index is 11.9. The van der Waals surface area contributed by atoms with E-state index >= 15 is 0 Å². The molecule has 2 atom stereocenters. The zero-order valence-corrected chi connectivity index (χ0v) is 15.3. The lowest BCUT2D eigenvalue weighted by Crippen LogP contribution is -2.36. The minimum absolute atomic E-state index is 0.148. The maximum absolute atomic E-state index is 11.9. The van der Waals surface area contributed by atoms with Gasteiger partial charge in [0.25, 0.3) is 6.29 Å². The Morgan fingerprint density at radius 3 is 2.21 bits per heavy atom. The summed E-state index contributed by atoms with van der Waals surface area (Å²) in [7, 11) is 0. The van der Waals surface area contributed by atoms with Gasteiger partial charge >= 0.3 is 12.1 Å². The first kappa shape index (κ1) is 20.3. The number of nitrogens with one attached hydrogen (secondary N) is 1. The molecule has 0 aliphatic rings. The molecule has 0 aromatic heterocycles. The fourth-order valence-electron chi connectivity index (χ4n) is 1.75. The van der Waals surface area contributed by atoms with Crippen molar-refractivity contribution in [2.45, 2.75) is 39.9 Å². The fraction of sp³-hybridized carbons (Fsp3) is 0.500. The molecule has 1 radical (unpaired) electrons. The number of carbonyl (C=O) groups excluding carboxylic acids is 2. The van der Waals surface area contributed by atoms with Crippen LogP contribution < -0.4 is 5.32 Å². The van der Waals surface area contributed by atoms with Gasteiger partial charge in [0.1, 0.15) is 0 Å². The summed E-state index contributed by atoms with van der Waals surface area (Å²) in [5.41, 5.74) is 0.950. The molecule has 1 N–H and O–H groups in total. The van der Waals surface area contributed by atoms with E-state index in [1.54, 1.807) is 26.0 Å². The molecule has 1 amide bonds. The van der Waals surface area contributed by atoms with Crippen molar-refractivity contribution < 1.29 is 19.1 Å². The monoisotopic (exact) mass is 354 g/mol. The fourth-order valence-corrected chi connectivity index (χ4v) is 1.88. The minimum Gasteiger partial charge on any atom is -0.425 e. The highest BCUT2D eigenvalue weighted by molar-refractivity contribution is 6.30. The number of carbonyl (C=O) groups is 2. The number of rotatable bonds is 7. The van der Waals surface area contributed by atoms with Gasteiger partial charge in [-0.1, -0.05) is 51.4 Å². The summed E-state index contributed by atoms with van der Waals surface area (Å²) in [6.07, 6.45) is -1.56. The highest BCUT2D eigenvalue weighted by Crippen LogP contribution is 2.17. The molecule has 0 saturated carbocycles. The van der Waals surface area contributed by atoms with Crippen molar-refractivity contribution in [3.63, 3.8) is 0 Å². The van der Waals surface area contributed by atoms with Crippen LogP contribution in [0.4, 0.5) is 4.79 Å². The number of alkyl carbamates (subject to hydrolysis) is 1. The summed E-state index contributed by atoms with van der Waals surface area (Å²) < 4.78 is 10.4. The lowest BCUT2D eigenvalue weighted by molar-refractivity contribution is -0.178. The minimum atomic E-state index is -0.918. The van der Waals surface area contributed by atoms with Crippen molar-refractivity contribution in [2.75, 3.05) is 6.54 Å². The van der Waals surface area contributed by atoms with E-state index in [1.165, 1.54) is 0 Å². The third-order valence-corrected chi connectivity index (χ3v) is 3.56. The van der Waals surface area contributed by atoms with E-state index in [0.29, 0.717) is 11.6 Å². The van der Waals surface area contributed by atoms with Gasteiger partial charge in [0.15, 0.2) is 0 Å². The molecule has 0 aliphatic carbocycles. The number of benzene rings is 1. The number of ether oxygens (including phenoxy) is 2. The SMILES string of the molecule is [CH2][C@H](CNC(=O)O[C@@H](OC(=O)C(C)C)C(C)C)c1ccc(Cl)cc1. The number of hydrogen-bond acceptors (Lipinski definition) is 4. The van der Waals surface area contributed by atoms with Crippen molar-refractivity contribution in [3.05, 3.63) is 41.8 Å². The third-order valence-electron chi connectivity index (χ3n) is 3.31. The lowest BCUT2D eigenvalue weighted by Gasteiger charge is -2.23. The highest BCUT2D eigenvalue weighted by Gasteiger charge is 2.24. The average molecular weight is 355 g/mol. The van der Waals surface area contributed by atoms with Gasteiger partial charge in [-0.3, -0.25) is 4.79 Å². The third kappa shape index (κ3) is 6.79. The van der Waals surface area contributed by atoms with Crippen molar-refractivity contribution in [3.8, 4) is 0 Å². The number of hydrogen-bond donors (Lipinski definition) is 1. The van der Waals surface area contributed by atoms with E-state index in [4.69, 9.17) is 21.1 Å². The van der Waals surface area contributed by atoms with E-state index in [9.17, 15) is 9.59 Å². The Bertz CT molecular complexity index is 542. The lowest BCUT2D eigenvalue weighted by atomic mass is 10.0. The summed E-state index contributed by atoms with van der Waals surface area (Å²) in [5.74, 6) is -0.986. The van der Waals surface area contributed by atoms with Gasteiger partial charge < -0.3 is 14.8 Å². The van der Waals surface area contributed by atoms with Crippen LogP contribution in [0.25, 0.3) is 0 Å². The van der Waals surface area contributed by atoms with Crippen molar-refractivity contribution in [2.24, 2.45) is 11.8 Å². The van der Waals surface area contributed by atoms with Crippen LogP contribution >= 0.6 is 11.6 Å². The zero-order chi connectivity index (χ0) is 18.3. The van der Waals surface area contributed by atoms with E-state index in [0.717, 1.165) is 5.56 Å².